The van der Waals surface area contributed by atoms with Crippen LogP contribution in [0.1, 0.15) is 32.6 Å². The highest BCUT2D eigenvalue weighted by molar-refractivity contribution is 7.89. The third-order valence-electron chi connectivity index (χ3n) is 3.00. The molecule has 0 saturated carbocycles. The summed E-state index contributed by atoms with van der Waals surface area (Å²) in [7, 11) is -3.56. The van der Waals surface area contributed by atoms with Crippen molar-refractivity contribution in [3.63, 3.8) is 0 Å². The lowest BCUT2D eigenvalue weighted by atomic mass is 10.2. The lowest BCUT2D eigenvalue weighted by Gasteiger charge is -2.12. The first kappa shape index (κ1) is 20.5. The SMILES string of the molecule is CCCCCCNS(=O)(=O)c1ccc(NC(=O)C(Cl)(Cl)Cl)cc1. The van der Waals surface area contributed by atoms with E-state index in [1.807, 2.05) is 0 Å². The molecular weight excluding hydrogens is 383 g/mol. The molecule has 1 aromatic carbocycles. The molecule has 0 atom stereocenters. The Kier molecular flexibility index (Phi) is 8.10. The maximum absolute atomic E-state index is 12.1. The largest absolute Gasteiger partial charge is 0.322 e. The molecular formula is C14H19Cl3N2O3S. The van der Waals surface area contributed by atoms with E-state index in [0.717, 1.165) is 25.7 Å². The van der Waals surface area contributed by atoms with Gasteiger partial charge < -0.3 is 5.32 Å². The molecule has 0 heterocycles. The number of rotatable bonds is 8. The monoisotopic (exact) mass is 400 g/mol. The standard InChI is InChI=1S/C14H19Cl3N2O3S/c1-2-3-4-5-10-18-23(21,22)12-8-6-11(7-9-12)19-13(20)14(15,16)17/h6-9,18H,2-5,10H2,1H3,(H,19,20). The van der Waals surface area contributed by atoms with E-state index < -0.39 is 19.7 Å². The first-order chi connectivity index (χ1) is 10.7. The Morgan fingerprint density at radius 2 is 1.70 bits per heavy atom. The Morgan fingerprint density at radius 3 is 2.22 bits per heavy atom. The summed E-state index contributed by atoms with van der Waals surface area (Å²) in [6, 6.07) is 5.62. The zero-order valence-corrected chi connectivity index (χ0v) is 15.7. The minimum Gasteiger partial charge on any atom is -0.322 e. The van der Waals surface area contributed by atoms with Crippen molar-refractivity contribution in [2.24, 2.45) is 0 Å². The van der Waals surface area contributed by atoms with Crippen LogP contribution in [0.3, 0.4) is 0 Å². The number of unbranched alkanes of at least 4 members (excludes halogenated alkanes) is 3. The summed E-state index contributed by atoms with van der Waals surface area (Å²) in [6.07, 6.45) is 3.96. The number of alkyl halides is 3. The summed E-state index contributed by atoms with van der Waals surface area (Å²) >= 11 is 16.3. The number of benzene rings is 1. The van der Waals surface area contributed by atoms with Crippen molar-refractivity contribution in [1.82, 2.24) is 4.72 Å². The van der Waals surface area contributed by atoms with Gasteiger partial charge in [-0.25, -0.2) is 13.1 Å². The molecule has 23 heavy (non-hydrogen) atoms. The van der Waals surface area contributed by atoms with Crippen LogP contribution in [0, 0.1) is 0 Å². The van der Waals surface area contributed by atoms with Crippen LogP contribution in [0.25, 0.3) is 0 Å². The third-order valence-corrected chi connectivity index (χ3v) is 4.99. The minimum absolute atomic E-state index is 0.111. The first-order valence-electron chi connectivity index (χ1n) is 7.14. The molecule has 130 valence electrons. The zero-order chi connectivity index (χ0) is 17.5. The third kappa shape index (κ3) is 7.27. The Balaban J connectivity index is 2.63. The molecule has 0 fully saturated rings. The molecule has 0 unspecified atom stereocenters. The fourth-order valence-corrected chi connectivity index (χ4v) is 2.98. The van der Waals surface area contributed by atoms with Gasteiger partial charge in [0.15, 0.2) is 0 Å². The highest BCUT2D eigenvalue weighted by Gasteiger charge is 2.30. The normalized spacial score (nSPS) is 12.2. The number of hydrogen-bond acceptors (Lipinski definition) is 3. The van der Waals surface area contributed by atoms with E-state index in [1.165, 1.54) is 24.3 Å². The molecule has 1 aromatic rings. The van der Waals surface area contributed by atoms with Gasteiger partial charge in [-0.3, -0.25) is 4.79 Å². The quantitative estimate of drug-likeness (QED) is 0.513. The number of carbonyl (C=O) groups excluding carboxylic acids is 1. The predicted octanol–water partition coefficient (Wildman–Crippen LogP) is 3.85. The summed E-state index contributed by atoms with van der Waals surface area (Å²) in [5.74, 6) is -0.813. The van der Waals surface area contributed by atoms with E-state index in [-0.39, 0.29) is 4.90 Å². The predicted molar refractivity (Wildman–Crippen MR) is 94.7 cm³/mol. The van der Waals surface area contributed by atoms with Crippen molar-refractivity contribution in [3.05, 3.63) is 24.3 Å². The molecule has 0 aliphatic carbocycles. The number of nitrogens with one attached hydrogen (secondary N) is 2. The number of hydrogen-bond donors (Lipinski definition) is 2. The smallest absolute Gasteiger partial charge is 0.276 e. The van der Waals surface area contributed by atoms with E-state index in [0.29, 0.717) is 12.2 Å². The van der Waals surface area contributed by atoms with Gasteiger partial charge in [0.05, 0.1) is 4.90 Å². The molecule has 1 amide bonds. The molecule has 0 aliphatic rings. The fraction of sp³-hybridized carbons (Fsp3) is 0.500. The summed E-state index contributed by atoms with van der Waals surface area (Å²) in [4.78, 5) is 11.6. The molecule has 1 rings (SSSR count). The lowest BCUT2D eigenvalue weighted by molar-refractivity contribution is -0.115. The molecule has 9 heteroatoms. The van der Waals surface area contributed by atoms with Gasteiger partial charge >= 0.3 is 0 Å². The Bertz CT molecular complexity index is 613. The zero-order valence-electron chi connectivity index (χ0n) is 12.6. The molecule has 0 aliphatic heterocycles. The number of amides is 1. The molecule has 5 nitrogen and oxygen atoms in total. The number of carbonyl (C=O) groups is 1. The number of sulfonamides is 1. The molecule has 0 spiro atoms. The highest BCUT2D eigenvalue weighted by atomic mass is 35.6. The van der Waals surface area contributed by atoms with Gasteiger partial charge in [0, 0.05) is 12.2 Å². The van der Waals surface area contributed by atoms with E-state index in [1.54, 1.807) is 0 Å². The second-order valence-corrected chi connectivity index (χ2v) is 8.98. The first-order valence-corrected chi connectivity index (χ1v) is 9.76. The number of anilines is 1. The van der Waals surface area contributed by atoms with Gasteiger partial charge in [0.1, 0.15) is 0 Å². The van der Waals surface area contributed by atoms with E-state index >= 15 is 0 Å². The van der Waals surface area contributed by atoms with E-state index in [4.69, 9.17) is 34.8 Å². The average Bonchev–Trinajstić information content (AvgIpc) is 2.46. The summed E-state index contributed by atoms with van der Waals surface area (Å²) < 4.78 is 24.7. The van der Waals surface area contributed by atoms with Crippen LogP contribution < -0.4 is 10.0 Å². The van der Waals surface area contributed by atoms with Gasteiger partial charge in [-0.1, -0.05) is 61.0 Å². The summed E-state index contributed by atoms with van der Waals surface area (Å²) in [5, 5.41) is 2.38. The number of halogens is 3. The van der Waals surface area contributed by atoms with Crippen LogP contribution in [0.2, 0.25) is 0 Å². The van der Waals surface area contributed by atoms with Crippen molar-refractivity contribution >= 4 is 56.4 Å². The average molecular weight is 402 g/mol. The molecule has 0 saturated heterocycles. The van der Waals surface area contributed by atoms with Crippen molar-refractivity contribution in [2.45, 2.75) is 41.3 Å². The van der Waals surface area contributed by atoms with Gasteiger partial charge in [0.2, 0.25) is 10.0 Å². The highest BCUT2D eigenvalue weighted by Crippen LogP contribution is 2.27. The lowest BCUT2D eigenvalue weighted by Crippen LogP contribution is -2.27. The topological polar surface area (TPSA) is 75.3 Å². The second kappa shape index (κ2) is 9.08. The molecule has 0 aromatic heterocycles. The van der Waals surface area contributed by atoms with Gasteiger partial charge in [-0.2, -0.15) is 0 Å². The van der Waals surface area contributed by atoms with Crippen LogP contribution in [-0.4, -0.2) is 24.7 Å². The van der Waals surface area contributed by atoms with Crippen LogP contribution in [0.15, 0.2) is 29.2 Å². The van der Waals surface area contributed by atoms with Crippen LogP contribution >= 0.6 is 34.8 Å². The van der Waals surface area contributed by atoms with E-state index in [2.05, 4.69) is 17.0 Å². The fourth-order valence-electron chi connectivity index (χ4n) is 1.76. The van der Waals surface area contributed by atoms with Gasteiger partial charge in [-0.15, -0.1) is 0 Å². The summed E-state index contributed by atoms with van der Waals surface area (Å²) in [6.45, 7) is 2.49. The minimum atomic E-state index is -3.56. The van der Waals surface area contributed by atoms with E-state index in [9.17, 15) is 13.2 Å². The maximum atomic E-state index is 12.1. The maximum Gasteiger partial charge on any atom is 0.276 e. The van der Waals surface area contributed by atoms with Gasteiger partial charge in [-0.05, 0) is 30.7 Å². The van der Waals surface area contributed by atoms with Crippen LogP contribution in [0.4, 0.5) is 5.69 Å². The van der Waals surface area contributed by atoms with Gasteiger partial charge in [0.25, 0.3) is 9.70 Å². The summed E-state index contributed by atoms with van der Waals surface area (Å²) in [5.41, 5.74) is 0.336. The van der Waals surface area contributed by atoms with Crippen molar-refractivity contribution in [3.8, 4) is 0 Å². The molecule has 2 N–H and O–H groups in total. The Labute approximate surface area is 151 Å². The van der Waals surface area contributed by atoms with Crippen molar-refractivity contribution < 1.29 is 13.2 Å². The Morgan fingerprint density at radius 1 is 1.09 bits per heavy atom. The molecule has 0 bridgehead atoms. The second-order valence-electron chi connectivity index (χ2n) is 4.93. The van der Waals surface area contributed by atoms with Crippen LogP contribution in [-0.2, 0) is 14.8 Å². The van der Waals surface area contributed by atoms with Crippen molar-refractivity contribution in [2.75, 3.05) is 11.9 Å². The Hall–Kier alpha value is -0.530. The van der Waals surface area contributed by atoms with Crippen molar-refractivity contribution in [1.29, 1.82) is 0 Å². The molecule has 0 radical (unpaired) electrons. The van der Waals surface area contributed by atoms with Crippen LogP contribution in [0.5, 0.6) is 0 Å².